The second-order valence-electron chi connectivity index (χ2n) is 3.85. The van der Waals surface area contributed by atoms with E-state index in [1.807, 2.05) is 0 Å². The molecule has 5 nitrogen and oxygen atoms in total. The van der Waals surface area contributed by atoms with Gasteiger partial charge in [-0.25, -0.2) is 0 Å². The average molecular weight is 339 g/mol. The summed E-state index contributed by atoms with van der Waals surface area (Å²) in [7, 11) is 0. The molecule has 0 atom stereocenters. The SMILES string of the molecule is NC(=S)c1ccc(NC(=O)Cn2cc(Br)cn2)cc1. The molecule has 1 aromatic carbocycles. The topological polar surface area (TPSA) is 72.9 Å². The Hall–Kier alpha value is -1.73. The van der Waals surface area contributed by atoms with Gasteiger partial charge in [-0.15, -0.1) is 0 Å². The Labute approximate surface area is 123 Å². The van der Waals surface area contributed by atoms with Crippen molar-refractivity contribution in [2.45, 2.75) is 6.54 Å². The van der Waals surface area contributed by atoms with Gasteiger partial charge in [-0.3, -0.25) is 9.48 Å². The van der Waals surface area contributed by atoms with Gasteiger partial charge in [0.15, 0.2) is 0 Å². The molecule has 1 aromatic heterocycles. The Balaban J connectivity index is 1.97. The van der Waals surface area contributed by atoms with Crippen LogP contribution in [0, 0.1) is 0 Å². The minimum atomic E-state index is -0.154. The second-order valence-corrected chi connectivity index (χ2v) is 5.20. The molecule has 0 unspecified atom stereocenters. The number of nitrogens with one attached hydrogen (secondary N) is 1. The maximum absolute atomic E-state index is 11.8. The lowest BCUT2D eigenvalue weighted by atomic mass is 10.2. The van der Waals surface area contributed by atoms with Crippen molar-refractivity contribution in [3.8, 4) is 0 Å². The van der Waals surface area contributed by atoms with Gasteiger partial charge in [0, 0.05) is 17.4 Å². The smallest absolute Gasteiger partial charge is 0.246 e. The van der Waals surface area contributed by atoms with Crippen molar-refractivity contribution in [2.75, 3.05) is 5.32 Å². The highest BCUT2D eigenvalue weighted by Gasteiger charge is 2.05. The van der Waals surface area contributed by atoms with Gasteiger partial charge >= 0.3 is 0 Å². The minimum absolute atomic E-state index is 0.154. The Kier molecular flexibility index (Phi) is 4.28. The first-order chi connectivity index (χ1) is 9.04. The van der Waals surface area contributed by atoms with Crippen molar-refractivity contribution in [1.29, 1.82) is 0 Å². The number of carbonyl (C=O) groups is 1. The second kappa shape index (κ2) is 5.94. The molecule has 3 N–H and O–H groups in total. The fourth-order valence-corrected chi connectivity index (χ4v) is 1.95. The zero-order valence-electron chi connectivity index (χ0n) is 9.84. The van der Waals surface area contributed by atoms with Crippen LogP contribution in [0.1, 0.15) is 5.56 Å². The lowest BCUT2D eigenvalue weighted by Crippen LogP contribution is -2.19. The Bertz CT molecular complexity index is 608. The summed E-state index contributed by atoms with van der Waals surface area (Å²) in [6.45, 7) is 0.155. The summed E-state index contributed by atoms with van der Waals surface area (Å²) in [5, 5.41) is 6.78. The van der Waals surface area contributed by atoms with Gasteiger partial charge in [-0.1, -0.05) is 12.2 Å². The van der Waals surface area contributed by atoms with Crippen LogP contribution in [-0.4, -0.2) is 20.7 Å². The van der Waals surface area contributed by atoms with Crippen molar-refractivity contribution in [3.63, 3.8) is 0 Å². The van der Waals surface area contributed by atoms with E-state index in [0.29, 0.717) is 10.7 Å². The van der Waals surface area contributed by atoms with Gasteiger partial charge in [0.2, 0.25) is 5.91 Å². The van der Waals surface area contributed by atoms with E-state index < -0.39 is 0 Å². The van der Waals surface area contributed by atoms with Crippen LogP contribution in [0.4, 0.5) is 5.69 Å². The van der Waals surface area contributed by atoms with Crippen molar-refractivity contribution < 1.29 is 4.79 Å². The molecule has 2 rings (SSSR count). The summed E-state index contributed by atoms with van der Waals surface area (Å²) in [5.41, 5.74) is 6.96. The fraction of sp³-hybridized carbons (Fsp3) is 0.0833. The van der Waals surface area contributed by atoms with E-state index >= 15 is 0 Å². The molecule has 0 radical (unpaired) electrons. The number of halogens is 1. The summed E-state index contributed by atoms with van der Waals surface area (Å²) in [5.74, 6) is -0.154. The highest BCUT2D eigenvalue weighted by atomic mass is 79.9. The molecule has 1 amide bonds. The number of anilines is 1. The van der Waals surface area contributed by atoms with Crippen LogP contribution < -0.4 is 11.1 Å². The largest absolute Gasteiger partial charge is 0.389 e. The molecular weight excluding hydrogens is 328 g/mol. The molecule has 98 valence electrons. The van der Waals surface area contributed by atoms with E-state index in [4.69, 9.17) is 18.0 Å². The number of carbonyl (C=O) groups excluding carboxylic acids is 1. The summed E-state index contributed by atoms with van der Waals surface area (Å²) < 4.78 is 2.38. The molecule has 0 aliphatic rings. The standard InChI is InChI=1S/C12H11BrN4OS/c13-9-5-15-17(6-9)7-11(18)16-10-3-1-8(2-4-10)12(14)19/h1-6H,7H2,(H2,14,19)(H,16,18). The molecule has 2 aromatic rings. The maximum Gasteiger partial charge on any atom is 0.246 e. The molecule has 0 saturated heterocycles. The van der Waals surface area contributed by atoms with Crippen LogP contribution in [0.15, 0.2) is 41.1 Å². The summed E-state index contributed by atoms with van der Waals surface area (Å²) in [4.78, 5) is 12.1. The van der Waals surface area contributed by atoms with Gasteiger partial charge in [-0.2, -0.15) is 5.10 Å². The first-order valence-corrected chi connectivity index (χ1v) is 6.62. The fourth-order valence-electron chi connectivity index (χ4n) is 1.49. The highest BCUT2D eigenvalue weighted by molar-refractivity contribution is 9.10. The Morgan fingerprint density at radius 1 is 1.42 bits per heavy atom. The van der Waals surface area contributed by atoms with Crippen molar-refractivity contribution in [1.82, 2.24) is 9.78 Å². The minimum Gasteiger partial charge on any atom is -0.389 e. The zero-order valence-corrected chi connectivity index (χ0v) is 12.2. The van der Waals surface area contributed by atoms with Crippen LogP contribution in [0.25, 0.3) is 0 Å². The number of thiocarbonyl (C=S) groups is 1. The third-order valence-electron chi connectivity index (χ3n) is 2.36. The molecule has 0 aliphatic heterocycles. The van der Waals surface area contributed by atoms with E-state index in [9.17, 15) is 4.79 Å². The van der Waals surface area contributed by atoms with E-state index in [2.05, 4.69) is 26.3 Å². The summed E-state index contributed by atoms with van der Waals surface area (Å²) in [6, 6.07) is 7.04. The number of nitrogens with two attached hydrogens (primary N) is 1. The molecule has 0 bridgehead atoms. The van der Waals surface area contributed by atoms with Gasteiger partial charge < -0.3 is 11.1 Å². The molecule has 0 aliphatic carbocycles. The van der Waals surface area contributed by atoms with Crippen LogP contribution in [0.5, 0.6) is 0 Å². The van der Waals surface area contributed by atoms with Crippen molar-refractivity contribution in [2.24, 2.45) is 5.73 Å². The van der Waals surface area contributed by atoms with Crippen LogP contribution in [-0.2, 0) is 11.3 Å². The predicted molar refractivity (Wildman–Crippen MR) is 80.9 cm³/mol. The number of rotatable bonds is 4. The van der Waals surface area contributed by atoms with Gasteiger partial charge in [0.1, 0.15) is 11.5 Å². The molecule has 1 heterocycles. The van der Waals surface area contributed by atoms with E-state index in [-0.39, 0.29) is 12.5 Å². The van der Waals surface area contributed by atoms with Crippen molar-refractivity contribution in [3.05, 3.63) is 46.7 Å². The molecule has 0 fully saturated rings. The first kappa shape index (κ1) is 13.7. The monoisotopic (exact) mass is 338 g/mol. The van der Waals surface area contributed by atoms with E-state index in [1.165, 1.54) is 0 Å². The summed E-state index contributed by atoms with van der Waals surface area (Å²) >= 11 is 8.13. The Morgan fingerprint density at radius 3 is 2.63 bits per heavy atom. The van der Waals surface area contributed by atoms with Gasteiger partial charge in [-0.05, 0) is 40.2 Å². The number of aromatic nitrogens is 2. The van der Waals surface area contributed by atoms with Crippen LogP contribution >= 0.6 is 28.1 Å². The molecule has 7 heteroatoms. The van der Waals surface area contributed by atoms with Gasteiger partial charge in [0.25, 0.3) is 0 Å². The number of nitrogens with zero attached hydrogens (tertiary/aromatic N) is 2. The highest BCUT2D eigenvalue weighted by Crippen LogP contribution is 2.10. The normalized spacial score (nSPS) is 10.2. The molecular formula is C12H11BrN4OS. The predicted octanol–water partition coefficient (Wildman–Crippen LogP) is 1.92. The number of hydrogen-bond acceptors (Lipinski definition) is 3. The van der Waals surface area contributed by atoms with Crippen LogP contribution in [0.2, 0.25) is 0 Å². The molecule has 0 spiro atoms. The number of benzene rings is 1. The van der Waals surface area contributed by atoms with E-state index in [1.54, 1.807) is 41.3 Å². The molecule has 19 heavy (non-hydrogen) atoms. The maximum atomic E-state index is 11.8. The third kappa shape index (κ3) is 3.87. The third-order valence-corrected chi connectivity index (χ3v) is 3.01. The first-order valence-electron chi connectivity index (χ1n) is 5.42. The molecule has 0 saturated carbocycles. The summed E-state index contributed by atoms with van der Waals surface area (Å²) in [6.07, 6.45) is 3.36. The lowest BCUT2D eigenvalue weighted by molar-refractivity contribution is -0.116. The van der Waals surface area contributed by atoms with Crippen molar-refractivity contribution >= 4 is 44.7 Å². The number of hydrogen-bond donors (Lipinski definition) is 2. The zero-order chi connectivity index (χ0) is 13.8. The van der Waals surface area contributed by atoms with Crippen LogP contribution in [0.3, 0.4) is 0 Å². The Morgan fingerprint density at radius 2 is 2.11 bits per heavy atom. The average Bonchev–Trinajstić information content (AvgIpc) is 2.75. The van der Waals surface area contributed by atoms with Gasteiger partial charge in [0.05, 0.1) is 10.7 Å². The quantitative estimate of drug-likeness (QED) is 0.835. The number of amides is 1. The lowest BCUT2D eigenvalue weighted by Gasteiger charge is -2.06. The van der Waals surface area contributed by atoms with E-state index in [0.717, 1.165) is 10.0 Å².